The van der Waals surface area contributed by atoms with Gasteiger partial charge in [-0.05, 0) is 24.6 Å². The van der Waals surface area contributed by atoms with Crippen LogP contribution in [0.2, 0.25) is 0 Å². The fourth-order valence-electron chi connectivity index (χ4n) is 2.25. The van der Waals surface area contributed by atoms with Crippen molar-refractivity contribution < 1.29 is 9.47 Å². The van der Waals surface area contributed by atoms with Gasteiger partial charge < -0.3 is 14.4 Å². The summed E-state index contributed by atoms with van der Waals surface area (Å²) in [5.41, 5.74) is 0. The van der Waals surface area contributed by atoms with Crippen molar-refractivity contribution in [3.05, 3.63) is 42.4 Å². The van der Waals surface area contributed by atoms with Crippen LogP contribution in [0.1, 0.15) is 12.2 Å². The Balaban J connectivity index is 1.60. The first-order chi connectivity index (χ1) is 10.2. The van der Waals surface area contributed by atoms with Crippen LogP contribution in [0.15, 0.2) is 36.5 Å². The summed E-state index contributed by atoms with van der Waals surface area (Å²) in [5.74, 6) is 3.39. The van der Waals surface area contributed by atoms with Crippen LogP contribution in [0.5, 0.6) is 11.5 Å². The monoisotopic (exact) mass is 285 g/mol. The van der Waals surface area contributed by atoms with Crippen molar-refractivity contribution in [3.63, 3.8) is 0 Å². The zero-order valence-corrected chi connectivity index (χ0v) is 12.3. The number of ether oxygens (including phenoxy) is 2. The lowest BCUT2D eigenvalue weighted by Gasteiger charge is -2.26. The Hall–Kier alpha value is -2.30. The minimum Gasteiger partial charge on any atom is -0.486 e. The van der Waals surface area contributed by atoms with Crippen molar-refractivity contribution in [1.82, 2.24) is 9.97 Å². The normalized spacial score (nSPS) is 16.6. The Kier molecular flexibility index (Phi) is 3.90. The van der Waals surface area contributed by atoms with E-state index in [1.807, 2.05) is 49.3 Å². The molecule has 1 atom stereocenters. The molecule has 0 amide bonds. The molecule has 1 aliphatic heterocycles. The number of rotatable bonds is 4. The van der Waals surface area contributed by atoms with E-state index in [1.165, 1.54) is 0 Å². The van der Waals surface area contributed by atoms with Gasteiger partial charge in [0.25, 0.3) is 0 Å². The molecule has 2 aromatic rings. The molecule has 21 heavy (non-hydrogen) atoms. The number of fused-ring (bicyclic) bond motifs is 1. The molecule has 0 N–H and O–H groups in total. The highest BCUT2D eigenvalue weighted by Gasteiger charge is 2.20. The van der Waals surface area contributed by atoms with Crippen LogP contribution >= 0.6 is 0 Å². The quantitative estimate of drug-likeness (QED) is 0.862. The van der Waals surface area contributed by atoms with E-state index in [0.717, 1.165) is 36.0 Å². The molecule has 0 bridgehead atoms. The topological polar surface area (TPSA) is 47.5 Å². The fourth-order valence-corrected chi connectivity index (χ4v) is 2.25. The zero-order chi connectivity index (χ0) is 14.7. The highest BCUT2D eigenvalue weighted by Crippen LogP contribution is 2.31. The molecule has 0 saturated carbocycles. The molecular weight excluding hydrogens is 266 g/mol. The largest absolute Gasteiger partial charge is 0.486 e. The van der Waals surface area contributed by atoms with Crippen molar-refractivity contribution in [2.24, 2.45) is 0 Å². The molecule has 0 unspecified atom stereocenters. The number of hydrogen-bond acceptors (Lipinski definition) is 5. The first-order valence-corrected chi connectivity index (χ1v) is 7.10. The Labute approximate surface area is 124 Å². The zero-order valence-electron chi connectivity index (χ0n) is 12.3. The molecule has 0 saturated heterocycles. The summed E-state index contributed by atoms with van der Waals surface area (Å²) >= 11 is 0. The highest BCUT2D eigenvalue weighted by molar-refractivity contribution is 5.40. The maximum Gasteiger partial charge on any atom is 0.161 e. The third-order valence-electron chi connectivity index (χ3n) is 3.41. The second kappa shape index (κ2) is 5.99. The highest BCUT2D eigenvalue weighted by atomic mass is 16.6. The van der Waals surface area contributed by atoms with Gasteiger partial charge in [-0.1, -0.05) is 12.1 Å². The molecule has 1 aliphatic rings. The number of anilines is 1. The van der Waals surface area contributed by atoms with Crippen LogP contribution < -0.4 is 14.4 Å². The Morgan fingerprint density at radius 1 is 1.19 bits per heavy atom. The number of hydrogen-bond donors (Lipinski definition) is 0. The van der Waals surface area contributed by atoms with E-state index in [-0.39, 0.29) is 6.10 Å². The third kappa shape index (κ3) is 3.24. The van der Waals surface area contributed by atoms with Gasteiger partial charge in [0.2, 0.25) is 0 Å². The van der Waals surface area contributed by atoms with Gasteiger partial charge in [0.05, 0.1) is 0 Å². The van der Waals surface area contributed by atoms with Gasteiger partial charge >= 0.3 is 0 Å². The predicted molar refractivity (Wildman–Crippen MR) is 81.0 cm³/mol. The van der Waals surface area contributed by atoms with Crippen LogP contribution in [-0.2, 0) is 6.42 Å². The van der Waals surface area contributed by atoms with E-state index in [4.69, 9.17) is 9.47 Å². The van der Waals surface area contributed by atoms with Gasteiger partial charge in [0.1, 0.15) is 24.4 Å². The standard InChI is InChI=1S/C16H19N3O2/c1-19(2)16-9-10-17-15(18-16)8-7-12-11-20-13-5-3-4-6-14(13)21-12/h3-6,9-10,12H,7-8,11H2,1-2H3/t12-/m0/s1. The number of aromatic nitrogens is 2. The van der Waals surface area contributed by atoms with Crippen molar-refractivity contribution in [2.45, 2.75) is 18.9 Å². The summed E-state index contributed by atoms with van der Waals surface area (Å²) in [6, 6.07) is 9.66. The minimum absolute atomic E-state index is 0.0477. The maximum absolute atomic E-state index is 5.94. The van der Waals surface area contributed by atoms with Gasteiger partial charge in [0.15, 0.2) is 11.5 Å². The van der Waals surface area contributed by atoms with Crippen LogP contribution in [0, 0.1) is 0 Å². The number of para-hydroxylation sites is 2. The second-order valence-electron chi connectivity index (χ2n) is 5.26. The molecule has 0 aliphatic carbocycles. The first kappa shape index (κ1) is 13.7. The van der Waals surface area contributed by atoms with Gasteiger partial charge in [-0.2, -0.15) is 0 Å². The summed E-state index contributed by atoms with van der Waals surface area (Å²) in [4.78, 5) is 10.8. The van der Waals surface area contributed by atoms with Gasteiger partial charge in [-0.15, -0.1) is 0 Å². The summed E-state index contributed by atoms with van der Waals surface area (Å²) < 4.78 is 11.7. The number of aryl methyl sites for hydroxylation is 1. The summed E-state index contributed by atoms with van der Waals surface area (Å²) in [6.45, 7) is 0.574. The van der Waals surface area contributed by atoms with Crippen LogP contribution in [0.25, 0.3) is 0 Å². The Morgan fingerprint density at radius 3 is 2.81 bits per heavy atom. The van der Waals surface area contributed by atoms with Gasteiger partial charge in [-0.3, -0.25) is 0 Å². The molecule has 0 fully saturated rings. The summed E-state index contributed by atoms with van der Waals surface area (Å²) in [7, 11) is 3.95. The SMILES string of the molecule is CN(C)c1ccnc(CC[C@H]2COc3ccccc3O2)n1. The predicted octanol–water partition coefficient (Wildman–Crippen LogP) is 2.32. The Morgan fingerprint density at radius 2 is 2.00 bits per heavy atom. The minimum atomic E-state index is 0.0477. The summed E-state index contributed by atoms with van der Waals surface area (Å²) in [6.07, 6.45) is 3.46. The molecule has 0 radical (unpaired) electrons. The van der Waals surface area contributed by atoms with Crippen molar-refractivity contribution in [3.8, 4) is 11.5 Å². The average molecular weight is 285 g/mol. The molecule has 1 aromatic heterocycles. The molecule has 3 rings (SSSR count). The molecule has 5 heteroatoms. The van der Waals surface area contributed by atoms with E-state index in [0.29, 0.717) is 6.61 Å². The molecule has 110 valence electrons. The van der Waals surface area contributed by atoms with E-state index in [9.17, 15) is 0 Å². The number of benzene rings is 1. The van der Waals surface area contributed by atoms with Crippen LogP contribution in [0.3, 0.4) is 0 Å². The Bertz CT molecular complexity index is 616. The molecule has 5 nitrogen and oxygen atoms in total. The smallest absolute Gasteiger partial charge is 0.161 e. The lowest BCUT2D eigenvalue weighted by Crippen LogP contribution is -2.29. The van der Waals surface area contributed by atoms with E-state index in [1.54, 1.807) is 6.20 Å². The van der Waals surface area contributed by atoms with Crippen LogP contribution in [-0.4, -0.2) is 36.8 Å². The first-order valence-electron chi connectivity index (χ1n) is 7.10. The van der Waals surface area contributed by atoms with Gasteiger partial charge in [0, 0.05) is 26.7 Å². The van der Waals surface area contributed by atoms with E-state index < -0.39 is 0 Å². The van der Waals surface area contributed by atoms with Crippen molar-refractivity contribution in [2.75, 3.05) is 25.6 Å². The van der Waals surface area contributed by atoms with Crippen molar-refractivity contribution >= 4 is 5.82 Å². The summed E-state index contributed by atoms with van der Waals surface area (Å²) in [5, 5.41) is 0. The van der Waals surface area contributed by atoms with Gasteiger partial charge in [-0.25, -0.2) is 9.97 Å². The lowest BCUT2D eigenvalue weighted by atomic mass is 10.1. The van der Waals surface area contributed by atoms with E-state index >= 15 is 0 Å². The second-order valence-corrected chi connectivity index (χ2v) is 5.26. The van der Waals surface area contributed by atoms with Crippen LogP contribution in [0.4, 0.5) is 5.82 Å². The van der Waals surface area contributed by atoms with Crippen molar-refractivity contribution in [1.29, 1.82) is 0 Å². The molecule has 2 heterocycles. The molecule has 1 aromatic carbocycles. The lowest BCUT2D eigenvalue weighted by molar-refractivity contribution is 0.0847. The number of nitrogens with zero attached hydrogens (tertiary/aromatic N) is 3. The maximum atomic E-state index is 5.94. The van der Waals surface area contributed by atoms with E-state index in [2.05, 4.69) is 9.97 Å². The molecular formula is C16H19N3O2. The molecule has 0 spiro atoms. The average Bonchev–Trinajstić information content (AvgIpc) is 2.53. The third-order valence-corrected chi connectivity index (χ3v) is 3.41. The fraction of sp³-hybridized carbons (Fsp3) is 0.375.